The molecule has 0 aliphatic carbocycles. The predicted octanol–water partition coefficient (Wildman–Crippen LogP) is 3.32. The fourth-order valence-electron chi connectivity index (χ4n) is 2.22. The summed E-state index contributed by atoms with van der Waals surface area (Å²) in [5.41, 5.74) is 1.37. The summed E-state index contributed by atoms with van der Waals surface area (Å²) in [5, 5.41) is 0. The summed E-state index contributed by atoms with van der Waals surface area (Å²) in [4.78, 5) is 7.43. The van der Waals surface area contributed by atoms with Crippen molar-refractivity contribution in [2.24, 2.45) is 0 Å². The Hall–Kier alpha value is -1.40. The van der Waals surface area contributed by atoms with Crippen LogP contribution in [0.4, 0.5) is 0 Å². The van der Waals surface area contributed by atoms with Crippen LogP contribution in [-0.4, -0.2) is 22.9 Å². The van der Waals surface area contributed by atoms with Gasteiger partial charge in [0.15, 0.2) is 0 Å². The van der Waals surface area contributed by atoms with E-state index in [-0.39, 0.29) is 4.90 Å². The molecular weight excluding hydrogens is 276 g/mol. The molecule has 0 amide bonds. The normalized spacial score (nSPS) is 12.1. The number of rotatable bonds is 7. The van der Waals surface area contributed by atoms with Crippen LogP contribution in [0.15, 0.2) is 23.1 Å². The van der Waals surface area contributed by atoms with Crippen LogP contribution in [0.2, 0.25) is 0 Å². The average Bonchev–Trinajstić information content (AvgIpc) is 2.79. The Kier molecular flexibility index (Phi) is 4.77. The number of hydrogen-bond acceptors (Lipinski definition) is 3. The van der Waals surface area contributed by atoms with Crippen LogP contribution < -0.4 is 0 Å². The summed E-state index contributed by atoms with van der Waals surface area (Å²) in [7, 11) is -4.16. The van der Waals surface area contributed by atoms with E-state index in [2.05, 4.69) is 16.9 Å². The molecule has 0 radical (unpaired) electrons. The molecule has 2 N–H and O–H groups in total. The number of aryl methyl sites for hydroxylation is 1. The van der Waals surface area contributed by atoms with Crippen LogP contribution in [0.3, 0.4) is 0 Å². The van der Waals surface area contributed by atoms with E-state index in [1.807, 2.05) is 0 Å². The second-order valence-corrected chi connectivity index (χ2v) is 6.42. The van der Waals surface area contributed by atoms with Gasteiger partial charge in [0.1, 0.15) is 5.82 Å². The molecule has 20 heavy (non-hydrogen) atoms. The highest BCUT2D eigenvalue weighted by molar-refractivity contribution is 7.85. The Morgan fingerprint density at radius 3 is 2.65 bits per heavy atom. The van der Waals surface area contributed by atoms with Gasteiger partial charge in [-0.3, -0.25) is 4.55 Å². The number of nitrogens with one attached hydrogen (secondary N) is 1. The average molecular weight is 296 g/mol. The number of fused-ring (bicyclic) bond motifs is 1. The molecule has 0 fully saturated rings. The second kappa shape index (κ2) is 6.37. The van der Waals surface area contributed by atoms with Crippen LogP contribution in [0.25, 0.3) is 11.0 Å². The van der Waals surface area contributed by atoms with Crippen molar-refractivity contribution in [3.63, 3.8) is 0 Å². The number of aromatic amines is 1. The van der Waals surface area contributed by atoms with Gasteiger partial charge < -0.3 is 4.98 Å². The monoisotopic (exact) mass is 296 g/mol. The predicted molar refractivity (Wildman–Crippen MR) is 78.4 cm³/mol. The lowest BCUT2D eigenvalue weighted by molar-refractivity contribution is 0.483. The van der Waals surface area contributed by atoms with Crippen LogP contribution in [0.1, 0.15) is 44.9 Å². The molecule has 0 aliphatic rings. The van der Waals surface area contributed by atoms with E-state index in [9.17, 15) is 8.42 Å². The van der Waals surface area contributed by atoms with E-state index < -0.39 is 10.1 Å². The summed E-state index contributed by atoms with van der Waals surface area (Å²) < 4.78 is 31.2. The highest BCUT2D eigenvalue weighted by Crippen LogP contribution is 2.18. The Morgan fingerprint density at radius 2 is 1.95 bits per heavy atom. The Balaban J connectivity index is 2.06. The van der Waals surface area contributed by atoms with Gasteiger partial charge in [0.25, 0.3) is 10.1 Å². The molecule has 0 bridgehead atoms. The van der Waals surface area contributed by atoms with Gasteiger partial charge in [-0.15, -0.1) is 0 Å². The fourth-order valence-corrected chi connectivity index (χ4v) is 2.72. The standard InChI is InChI=1S/C14H20N2O3S/c1-2-3-4-5-6-7-14-15-12-9-8-11(20(17,18)19)10-13(12)16-14/h8-10H,2-7H2,1H3,(H,15,16)(H,17,18,19). The minimum absolute atomic E-state index is 0.108. The van der Waals surface area contributed by atoms with E-state index in [0.717, 1.165) is 24.2 Å². The Morgan fingerprint density at radius 1 is 1.20 bits per heavy atom. The first-order chi connectivity index (χ1) is 9.50. The smallest absolute Gasteiger partial charge is 0.294 e. The van der Waals surface area contributed by atoms with Crippen molar-refractivity contribution in [1.82, 2.24) is 9.97 Å². The van der Waals surface area contributed by atoms with E-state index in [0.29, 0.717) is 5.52 Å². The van der Waals surface area contributed by atoms with Crippen molar-refractivity contribution in [2.45, 2.75) is 50.3 Å². The minimum Gasteiger partial charge on any atom is -0.342 e. The van der Waals surface area contributed by atoms with Gasteiger partial charge in [-0.1, -0.05) is 32.6 Å². The Labute approximate surface area is 119 Å². The van der Waals surface area contributed by atoms with Crippen molar-refractivity contribution in [1.29, 1.82) is 0 Å². The van der Waals surface area contributed by atoms with Crippen LogP contribution in [0, 0.1) is 0 Å². The molecule has 0 aliphatic heterocycles. The van der Waals surface area contributed by atoms with Gasteiger partial charge in [-0.25, -0.2) is 4.98 Å². The quantitative estimate of drug-likeness (QED) is 0.606. The van der Waals surface area contributed by atoms with E-state index in [4.69, 9.17) is 4.55 Å². The number of benzene rings is 1. The number of unbranched alkanes of at least 4 members (excludes halogenated alkanes) is 4. The molecule has 0 saturated heterocycles. The number of H-pyrrole nitrogens is 1. The Bertz CT molecular complexity index is 677. The summed E-state index contributed by atoms with van der Waals surface area (Å²) in [6.45, 7) is 2.19. The lowest BCUT2D eigenvalue weighted by atomic mass is 10.1. The first-order valence-corrected chi connectivity index (χ1v) is 8.41. The van der Waals surface area contributed by atoms with E-state index in [1.165, 1.54) is 37.8 Å². The zero-order valence-corrected chi connectivity index (χ0v) is 12.4. The van der Waals surface area contributed by atoms with E-state index in [1.54, 1.807) is 6.07 Å². The topological polar surface area (TPSA) is 83.1 Å². The summed E-state index contributed by atoms with van der Waals surface area (Å²) in [6.07, 6.45) is 6.84. The number of nitrogens with zero attached hydrogens (tertiary/aromatic N) is 1. The highest BCUT2D eigenvalue weighted by atomic mass is 32.2. The van der Waals surface area contributed by atoms with Gasteiger partial charge in [-0.2, -0.15) is 8.42 Å². The molecular formula is C14H20N2O3S. The van der Waals surface area contributed by atoms with Gasteiger partial charge >= 0.3 is 0 Å². The first-order valence-electron chi connectivity index (χ1n) is 6.97. The van der Waals surface area contributed by atoms with Crippen molar-refractivity contribution in [3.8, 4) is 0 Å². The second-order valence-electron chi connectivity index (χ2n) is 5.00. The molecule has 1 aromatic carbocycles. The van der Waals surface area contributed by atoms with E-state index >= 15 is 0 Å². The third-order valence-electron chi connectivity index (χ3n) is 3.32. The molecule has 0 spiro atoms. The molecule has 5 nitrogen and oxygen atoms in total. The molecule has 0 atom stereocenters. The summed E-state index contributed by atoms with van der Waals surface area (Å²) >= 11 is 0. The zero-order valence-electron chi connectivity index (χ0n) is 11.6. The van der Waals surface area contributed by atoms with Crippen LogP contribution in [0.5, 0.6) is 0 Å². The minimum atomic E-state index is -4.16. The molecule has 0 unspecified atom stereocenters. The maximum absolute atomic E-state index is 11.1. The maximum atomic E-state index is 11.1. The van der Waals surface area contributed by atoms with Crippen LogP contribution in [-0.2, 0) is 16.5 Å². The summed E-state index contributed by atoms with van der Waals surface area (Å²) in [5.74, 6) is 0.865. The number of hydrogen-bond donors (Lipinski definition) is 2. The maximum Gasteiger partial charge on any atom is 0.294 e. The fraction of sp³-hybridized carbons (Fsp3) is 0.500. The lowest BCUT2D eigenvalue weighted by Gasteiger charge is -1.97. The molecule has 110 valence electrons. The van der Waals surface area contributed by atoms with Crippen molar-refractivity contribution in [3.05, 3.63) is 24.0 Å². The number of imidazole rings is 1. The van der Waals surface area contributed by atoms with Crippen LogP contribution >= 0.6 is 0 Å². The lowest BCUT2D eigenvalue weighted by Crippen LogP contribution is -1.97. The van der Waals surface area contributed by atoms with Gasteiger partial charge in [0.05, 0.1) is 15.9 Å². The van der Waals surface area contributed by atoms with Crippen molar-refractivity contribution >= 4 is 21.2 Å². The molecule has 1 aromatic heterocycles. The highest BCUT2D eigenvalue weighted by Gasteiger charge is 2.11. The molecule has 6 heteroatoms. The van der Waals surface area contributed by atoms with Crippen molar-refractivity contribution < 1.29 is 13.0 Å². The first kappa shape index (κ1) is 15.0. The molecule has 2 rings (SSSR count). The SMILES string of the molecule is CCCCCCCc1nc2ccc(S(=O)(=O)O)cc2[nH]1. The van der Waals surface area contributed by atoms with Gasteiger partial charge in [-0.05, 0) is 24.6 Å². The third kappa shape index (κ3) is 3.80. The molecule has 1 heterocycles. The largest absolute Gasteiger partial charge is 0.342 e. The third-order valence-corrected chi connectivity index (χ3v) is 4.17. The molecule has 2 aromatic rings. The summed E-state index contributed by atoms with van der Waals surface area (Å²) in [6, 6.07) is 4.39. The number of aromatic nitrogens is 2. The zero-order chi connectivity index (χ0) is 14.6. The van der Waals surface area contributed by atoms with Crippen molar-refractivity contribution in [2.75, 3.05) is 0 Å². The molecule has 0 saturated carbocycles. The van der Waals surface area contributed by atoms with Gasteiger partial charge in [0.2, 0.25) is 0 Å². The van der Waals surface area contributed by atoms with Gasteiger partial charge in [0, 0.05) is 6.42 Å².